The summed E-state index contributed by atoms with van der Waals surface area (Å²) in [7, 11) is 0. The van der Waals surface area contributed by atoms with Crippen molar-refractivity contribution >= 4 is 17.5 Å². The molecule has 33 heavy (non-hydrogen) atoms. The summed E-state index contributed by atoms with van der Waals surface area (Å²) in [6.07, 6.45) is 3.95. The van der Waals surface area contributed by atoms with Gasteiger partial charge in [0.25, 0.3) is 0 Å². The van der Waals surface area contributed by atoms with Crippen molar-refractivity contribution in [2.45, 2.75) is 38.1 Å². The second kappa shape index (κ2) is 10.8. The largest absolute Gasteiger partial charge is 0.344 e. The number of aromatic amines is 1. The first-order valence-electron chi connectivity index (χ1n) is 11.3. The van der Waals surface area contributed by atoms with E-state index in [4.69, 9.17) is 5.73 Å². The molecule has 2 aromatic carbocycles. The average Bonchev–Trinajstić information content (AvgIpc) is 3.40. The first-order valence-corrected chi connectivity index (χ1v) is 11.3. The molecule has 1 saturated carbocycles. The minimum absolute atomic E-state index is 0.0611. The minimum atomic E-state index is -0.677. The third kappa shape index (κ3) is 6.01. The van der Waals surface area contributed by atoms with Gasteiger partial charge in [0.1, 0.15) is 6.04 Å². The minimum Gasteiger partial charge on any atom is -0.344 e. The molecule has 9 nitrogen and oxygen atoms in total. The average molecular weight is 448 g/mol. The molecule has 1 atom stereocenters. The molecule has 3 aromatic rings. The van der Waals surface area contributed by atoms with E-state index in [-0.39, 0.29) is 17.7 Å². The highest BCUT2D eigenvalue weighted by molar-refractivity contribution is 5.97. The van der Waals surface area contributed by atoms with E-state index in [0.717, 1.165) is 36.8 Å². The lowest BCUT2D eigenvalue weighted by Gasteiger charge is -2.28. The lowest BCUT2D eigenvalue weighted by atomic mass is 9.81. The summed E-state index contributed by atoms with van der Waals surface area (Å²) in [5.74, 6) is 0.580. The Kier molecular flexibility index (Phi) is 7.41. The first-order chi connectivity index (χ1) is 16.1. The molecule has 0 bridgehead atoms. The monoisotopic (exact) mass is 447 g/mol. The van der Waals surface area contributed by atoms with Gasteiger partial charge in [0, 0.05) is 23.6 Å². The molecule has 0 radical (unpaired) electrons. The molecular weight excluding hydrogens is 418 g/mol. The first kappa shape index (κ1) is 22.6. The lowest BCUT2D eigenvalue weighted by Crippen LogP contribution is -2.48. The number of anilines is 1. The van der Waals surface area contributed by atoms with Crippen LogP contribution in [0.3, 0.4) is 0 Å². The summed E-state index contributed by atoms with van der Waals surface area (Å²) in [5.41, 5.74) is 8.17. The fraction of sp³-hybridized carbons (Fsp3) is 0.375. The van der Waals surface area contributed by atoms with Crippen LogP contribution in [0.1, 0.15) is 31.2 Å². The number of hydrogen-bond donors (Lipinski definition) is 4. The predicted octanol–water partition coefficient (Wildman–Crippen LogP) is 2.30. The van der Waals surface area contributed by atoms with Crippen molar-refractivity contribution in [2.75, 3.05) is 11.9 Å². The summed E-state index contributed by atoms with van der Waals surface area (Å²) in [5, 5.41) is 19.8. The number of carbonyl (C=O) groups is 2. The third-order valence-corrected chi connectivity index (χ3v) is 6.22. The van der Waals surface area contributed by atoms with Crippen LogP contribution in [0, 0.1) is 11.8 Å². The van der Waals surface area contributed by atoms with Crippen LogP contribution in [0.2, 0.25) is 0 Å². The van der Waals surface area contributed by atoms with Crippen LogP contribution in [-0.2, 0) is 16.0 Å². The van der Waals surface area contributed by atoms with Crippen molar-refractivity contribution in [1.29, 1.82) is 0 Å². The van der Waals surface area contributed by atoms with E-state index in [1.807, 2.05) is 30.3 Å². The van der Waals surface area contributed by atoms with Crippen LogP contribution in [0.15, 0.2) is 54.6 Å². The van der Waals surface area contributed by atoms with E-state index >= 15 is 0 Å². The van der Waals surface area contributed by atoms with Gasteiger partial charge in [0.15, 0.2) is 0 Å². The molecule has 0 aliphatic heterocycles. The molecule has 5 N–H and O–H groups in total. The van der Waals surface area contributed by atoms with Crippen molar-refractivity contribution in [2.24, 2.45) is 17.6 Å². The molecule has 0 saturated heterocycles. The van der Waals surface area contributed by atoms with Crippen LogP contribution >= 0.6 is 0 Å². The van der Waals surface area contributed by atoms with E-state index in [9.17, 15) is 9.59 Å². The number of carbonyl (C=O) groups excluding carboxylic acids is 2. The Morgan fingerprint density at radius 2 is 1.76 bits per heavy atom. The second-order valence-corrected chi connectivity index (χ2v) is 8.51. The van der Waals surface area contributed by atoms with E-state index < -0.39 is 6.04 Å². The molecule has 1 heterocycles. The summed E-state index contributed by atoms with van der Waals surface area (Å²) in [6, 6.07) is 16.2. The molecule has 0 unspecified atom stereocenters. The molecule has 1 aliphatic carbocycles. The van der Waals surface area contributed by atoms with Gasteiger partial charge in [0.05, 0.1) is 0 Å². The second-order valence-electron chi connectivity index (χ2n) is 8.51. The number of hydrogen-bond acceptors (Lipinski definition) is 6. The SMILES string of the molecule is NCC1CCC(C(=O)N[C@@H](Cc2ccccc2)C(=O)Nc2ccc(-c3nn[nH]n3)cc2)CC1. The zero-order chi connectivity index (χ0) is 23.0. The van der Waals surface area contributed by atoms with Gasteiger partial charge in [-0.2, -0.15) is 5.21 Å². The highest BCUT2D eigenvalue weighted by Crippen LogP contribution is 2.28. The molecule has 1 aliphatic rings. The molecule has 4 rings (SSSR count). The van der Waals surface area contributed by atoms with Crippen molar-refractivity contribution in [3.05, 3.63) is 60.2 Å². The Morgan fingerprint density at radius 3 is 2.39 bits per heavy atom. The topological polar surface area (TPSA) is 139 Å². The number of H-pyrrole nitrogens is 1. The lowest BCUT2D eigenvalue weighted by molar-refractivity contribution is -0.130. The van der Waals surface area contributed by atoms with Gasteiger partial charge >= 0.3 is 0 Å². The van der Waals surface area contributed by atoms with E-state index in [1.165, 1.54) is 0 Å². The van der Waals surface area contributed by atoms with Gasteiger partial charge < -0.3 is 16.4 Å². The number of aromatic nitrogens is 4. The third-order valence-electron chi connectivity index (χ3n) is 6.22. The predicted molar refractivity (Wildman–Crippen MR) is 125 cm³/mol. The standard InChI is InChI=1S/C24H29N7O2/c25-15-17-6-8-19(9-7-17)23(32)27-21(14-16-4-2-1-3-5-16)24(33)26-20-12-10-18(11-13-20)22-28-30-31-29-22/h1-5,10-13,17,19,21H,6-9,14-15,25H2,(H,26,33)(H,27,32)(H,28,29,30,31)/t17?,19?,21-/m0/s1. The van der Waals surface area contributed by atoms with E-state index in [1.54, 1.807) is 24.3 Å². The molecule has 0 spiro atoms. The Bertz CT molecular complexity index is 1030. The summed E-state index contributed by atoms with van der Waals surface area (Å²) in [6.45, 7) is 0.666. The van der Waals surface area contributed by atoms with Gasteiger partial charge in [-0.05, 0) is 73.2 Å². The van der Waals surface area contributed by atoms with Crippen LogP contribution < -0.4 is 16.4 Å². The molecular formula is C24H29N7O2. The number of nitrogens with zero attached hydrogens (tertiary/aromatic N) is 3. The molecule has 172 valence electrons. The van der Waals surface area contributed by atoms with Crippen LogP contribution in [0.4, 0.5) is 5.69 Å². The summed E-state index contributed by atoms with van der Waals surface area (Å²) >= 11 is 0. The zero-order valence-corrected chi connectivity index (χ0v) is 18.4. The van der Waals surface area contributed by atoms with Crippen LogP contribution in [0.5, 0.6) is 0 Å². The highest BCUT2D eigenvalue weighted by atomic mass is 16.2. The molecule has 1 fully saturated rings. The quantitative estimate of drug-likeness (QED) is 0.418. The normalized spacial score (nSPS) is 18.9. The molecule has 2 amide bonds. The maximum absolute atomic E-state index is 13.2. The van der Waals surface area contributed by atoms with Gasteiger partial charge in [-0.1, -0.05) is 30.3 Å². The van der Waals surface area contributed by atoms with Gasteiger partial charge in [-0.15, -0.1) is 10.2 Å². The summed E-state index contributed by atoms with van der Waals surface area (Å²) < 4.78 is 0. The van der Waals surface area contributed by atoms with Gasteiger partial charge in [-0.3, -0.25) is 9.59 Å². The van der Waals surface area contributed by atoms with Crippen molar-refractivity contribution in [3.8, 4) is 11.4 Å². The molecule has 1 aromatic heterocycles. The summed E-state index contributed by atoms with van der Waals surface area (Å²) in [4.78, 5) is 26.1. The highest BCUT2D eigenvalue weighted by Gasteiger charge is 2.29. The molecule has 9 heteroatoms. The van der Waals surface area contributed by atoms with Gasteiger partial charge in [0.2, 0.25) is 17.6 Å². The van der Waals surface area contributed by atoms with E-state index in [2.05, 4.69) is 31.3 Å². The van der Waals surface area contributed by atoms with Crippen molar-refractivity contribution < 1.29 is 9.59 Å². The van der Waals surface area contributed by atoms with Crippen molar-refractivity contribution in [1.82, 2.24) is 25.9 Å². The number of nitrogens with two attached hydrogens (primary N) is 1. The number of rotatable bonds is 8. The van der Waals surface area contributed by atoms with Crippen molar-refractivity contribution in [3.63, 3.8) is 0 Å². The maximum atomic E-state index is 13.2. The smallest absolute Gasteiger partial charge is 0.247 e. The van der Waals surface area contributed by atoms with Crippen LogP contribution in [0.25, 0.3) is 11.4 Å². The Hall–Kier alpha value is -3.59. The number of nitrogens with one attached hydrogen (secondary N) is 3. The fourth-order valence-electron chi connectivity index (χ4n) is 4.23. The number of tetrazole rings is 1. The number of benzene rings is 2. The Morgan fingerprint density at radius 1 is 1.03 bits per heavy atom. The fourth-order valence-corrected chi connectivity index (χ4v) is 4.23. The van der Waals surface area contributed by atoms with Crippen LogP contribution in [-0.4, -0.2) is 45.0 Å². The number of amides is 2. The Labute approximate surface area is 192 Å². The Balaban J connectivity index is 1.43. The zero-order valence-electron chi connectivity index (χ0n) is 18.4. The maximum Gasteiger partial charge on any atom is 0.247 e. The van der Waals surface area contributed by atoms with Gasteiger partial charge in [-0.25, -0.2) is 0 Å². The van der Waals surface area contributed by atoms with E-state index in [0.29, 0.717) is 30.4 Å².